The molecule has 2 rings (SSSR count). The highest BCUT2D eigenvalue weighted by molar-refractivity contribution is 14.0. The van der Waals surface area contributed by atoms with Crippen LogP contribution in [0.4, 0.5) is 4.79 Å². The van der Waals surface area contributed by atoms with Gasteiger partial charge < -0.3 is 25.4 Å². The van der Waals surface area contributed by atoms with Gasteiger partial charge in [-0.3, -0.25) is 4.99 Å². The Hall–Kier alpha value is -0.770. The highest BCUT2D eigenvalue weighted by Crippen LogP contribution is 2.26. The molecular formula is C19H37IN4O3. The quantitative estimate of drug-likeness (QED) is 0.310. The second kappa shape index (κ2) is 10.7. The molecule has 1 saturated carbocycles. The first-order chi connectivity index (χ1) is 12.2. The molecule has 0 radical (unpaired) electrons. The summed E-state index contributed by atoms with van der Waals surface area (Å²) in [4.78, 5) is 16.6. The molecule has 158 valence electrons. The molecule has 27 heavy (non-hydrogen) atoms. The van der Waals surface area contributed by atoms with Gasteiger partial charge >= 0.3 is 6.09 Å². The summed E-state index contributed by atoms with van der Waals surface area (Å²) in [7, 11) is 0. The predicted molar refractivity (Wildman–Crippen MR) is 119 cm³/mol. The van der Waals surface area contributed by atoms with Crippen LogP contribution in [0.15, 0.2) is 4.99 Å². The minimum Gasteiger partial charge on any atom is -0.444 e. The molecule has 0 spiro atoms. The molecule has 1 heterocycles. The summed E-state index contributed by atoms with van der Waals surface area (Å²) in [5.41, 5.74) is -0.278. The van der Waals surface area contributed by atoms with E-state index in [4.69, 9.17) is 14.5 Å². The summed E-state index contributed by atoms with van der Waals surface area (Å²) in [6.07, 6.45) is 3.58. The molecule has 0 aromatic carbocycles. The summed E-state index contributed by atoms with van der Waals surface area (Å²) < 4.78 is 10.6. The number of rotatable bonds is 5. The van der Waals surface area contributed by atoms with Gasteiger partial charge in [-0.1, -0.05) is 6.92 Å². The van der Waals surface area contributed by atoms with E-state index >= 15 is 0 Å². The van der Waals surface area contributed by atoms with Crippen molar-refractivity contribution in [1.82, 2.24) is 16.0 Å². The van der Waals surface area contributed by atoms with E-state index in [0.717, 1.165) is 57.9 Å². The number of nitrogens with one attached hydrogen (secondary N) is 3. The van der Waals surface area contributed by atoms with Crippen LogP contribution in [0.2, 0.25) is 0 Å². The zero-order valence-electron chi connectivity index (χ0n) is 17.4. The van der Waals surface area contributed by atoms with Gasteiger partial charge in [-0.2, -0.15) is 0 Å². The molecule has 0 aromatic rings. The summed E-state index contributed by atoms with van der Waals surface area (Å²) in [6, 6.07) is 0.573. The van der Waals surface area contributed by atoms with E-state index in [1.807, 2.05) is 20.8 Å². The number of carbonyl (C=O) groups is 1. The number of hydrogen-bond acceptors (Lipinski definition) is 4. The third kappa shape index (κ3) is 8.85. The number of nitrogens with zero attached hydrogens (tertiary/aromatic N) is 1. The van der Waals surface area contributed by atoms with Gasteiger partial charge in [-0.15, -0.1) is 24.0 Å². The van der Waals surface area contributed by atoms with Crippen LogP contribution in [0.5, 0.6) is 0 Å². The van der Waals surface area contributed by atoms with Gasteiger partial charge in [-0.05, 0) is 53.4 Å². The molecule has 0 unspecified atom stereocenters. The molecule has 1 aliphatic carbocycles. The molecular weight excluding hydrogens is 459 g/mol. The summed E-state index contributed by atoms with van der Waals surface area (Å²) in [5, 5.41) is 9.86. The van der Waals surface area contributed by atoms with Crippen molar-refractivity contribution in [3.05, 3.63) is 0 Å². The number of guanidine groups is 1. The molecule has 8 heteroatoms. The first-order valence-corrected chi connectivity index (χ1v) is 9.81. The van der Waals surface area contributed by atoms with Crippen molar-refractivity contribution in [2.45, 2.75) is 78.0 Å². The van der Waals surface area contributed by atoms with Crippen molar-refractivity contribution in [1.29, 1.82) is 0 Å². The van der Waals surface area contributed by atoms with Gasteiger partial charge in [0, 0.05) is 24.0 Å². The van der Waals surface area contributed by atoms with Crippen molar-refractivity contribution < 1.29 is 14.3 Å². The van der Waals surface area contributed by atoms with Crippen molar-refractivity contribution in [3.63, 3.8) is 0 Å². The van der Waals surface area contributed by atoms with Crippen LogP contribution >= 0.6 is 24.0 Å². The number of hydrogen-bond donors (Lipinski definition) is 3. The Morgan fingerprint density at radius 2 is 1.70 bits per heavy atom. The topological polar surface area (TPSA) is 84.0 Å². The fourth-order valence-electron chi connectivity index (χ4n) is 3.18. The molecule has 0 bridgehead atoms. The van der Waals surface area contributed by atoms with Crippen molar-refractivity contribution in [2.24, 2.45) is 10.4 Å². The van der Waals surface area contributed by atoms with Crippen LogP contribution in [0.25, 0.3) is 0 Å². The fourth-order valence-corrected chi connectivity index (χ4v) is 3.18. The van der Waals surface area contributed by atoms with Crippen LogP contribution in [0.1, 0.15) is 60.3 Å². The third-order valence-corrected chi connectivity index (χ3v) is 4.65. The zero-order chi connectivity index (χ0) is 19.2. The maximum Gasteiger partial charge on any atom is 0.407 e. The average Bonchev–Trinajstić information content (AvgIpc) is 2.51. The monoisotopic (exact) mass is 496 g/mol. The first-order valence-electron chi connectivity index (χ1n) is 9.81. The Morgan fingerprint density at radius 1 is 1.15 bits per heavy atom. The van der Waals surface area contributed by atoms with Crippen molar-refractivity contribution >= 4 is 36.0 Å². The Bertz CT molecular complexity index is 496. The number of halogens is 1. The highest BCUT2D eigenvalue weighted by Gasteiger charge is 2.33. The van der Waals surface area contributed by atoms with Gasteiger partial charge in [-0.25, -0.2) is 4.79 Å². The molecule has 0 atom stereocenters. The summed E-state index contributed by atoms with van der Waals surface area (Å²) >= 11 is 0. The standard InChI is InChI=1S/C19H36N4O3.HI/c1-6-20-16(21-11-19(5)12-25-13-19)22-14-7-9-15(10-8-14)23-17(24)26-18(2,3)4;/h14-15H,6-13H2,1-5H3,(H,23,24)(H2,20,21,22);1H. The Labute approximate surface area is 180 Å². The van der Waals surface area contributed by atoms with E-state index in [1.54, 1.807) is 0 Å². The second-order valence-corrected chi connectivity index (χ2v) is 8.84. The fraction of sp³-hybridized carbons (Fsp3) is 0.895. The molecule has 2 fully saturated rings. The van der Waals surface area contributed by atoms with Gasteiger partial charge in [0.25, 0.3) is 0 Å². The number of amides is 1. The van der Waals surface area contributed by atoms with Crippen LogP contribution in [0, 0.1) is 5.41 Å². The Kier molecular flexibility index (Phi) is 9.61. The maximum absolute atomic E-state index is 11.9. The predicted octanol–water partition coefficient (Wildman–Crippen LogP) is 3.03. The lowest BCUT2D eigenvalue weighted by molar-refractivity contribution is -0.0945. The van der Waals surface area contributed by atoms with Crippen molar-refractivity contribution in [3.8, 4) is 0 Å². The summed E-state index contributed by atoms with van der Waals surface area (Å²) in [5.74, 6) is 0.879. The third-order valence-electron chi connectivity index (χ3n) is 4.65. The Morgan fingerprint density at radius 3 is 2.15 bits per heavy atom. The van der Waals surface area contributed by atoms with E-state index < -0.39 is 5.60 Å². The van der Waals surface area contributed by atoms with E-state index in [1.165, 1.54) is 0 Å². The molecule has 3 N–H and O–H groups in total. The lowest BCUT2D eigenvalue weighted by Gasteiger charge is -2.37. The van der Waals surface area contributed by atoms with Gasteiger partial charge in [0.2, 0.25) is 0 Å². The van der Waals surface area contributed by atoms with Crippen molar-refractivity contribution in [2.75, 3.05) is 26.3 Å². The maximum atomic E-state index is 11.9. The summed E-state index contributed by atoms with van der Waals surface area (Å²) in [6.45, 7) is 13.1. The van der Waals surface area contributed by atoms with Crippen LogP contribution in [-0.2, 0) is 9.47 Å². The van der Waals surface area contributed by atoms with Crippen LogP contribution < -0.4 is 16.0 Å². The Balaban J connectivity index is 0.00000364. The normalized spacial score (nSPS) is 24.9. The molecule has 0 aromatic heterocycles. The van der Waals surface area contributed by atoms with E-state index in [9.17, 15) is 4.79 Å². The minimum atomic E-state index is -0.456. The number of alkyl carbamates (subject to hydrolysis) is 1. The molecule has 1 amide bonds. The van der Waals surface area contributed by atoms with E-state index in [0.29, 0.717) is 6.04 Å². The van der Waals surface area contributed by atoms with Gasteiger partial charge in [0.15, 0.2) is 5.96 Å². The largest absolute Gasteiger partial charge is 0.444 e. The SMILES string of the molecule is CCNC(=NCC1(C)COC1)NC1CCC(NC(=O)OC(C)(C)C)CC1.I. The first kappa shape index (κ1) is 24.3. The smallest absolute Gasteiger partial charge is 0.407 e. The average molecular weight is 496 g/mol. The van der Waals surface area contributed by atoms with E-state index in [-0.39, 0.29) is 41.5 Å². The van der Waals surface area contributed by atoms with Gasteiger partial charge in [0.05, 0.1) is 19.8 Å². The molecule has 1 aliphatic heterocycles. The van der Waals surface area contributed by atoms with Crippen LogP contribution in [-0.4, -0.2) is 56.0 Å². The number of aliphatic imine (C=N–C) groups is 1. The van der Waals surface area contributed by atoms with E-state index in [2.05, 4.69) is 29.8 Å². The van der Waals surface area contributed by atoms with Crippen LogP contribution in [0.3, 0.4) is 0 Å². The number of carbonyl (C=O) groups excluding carboxylic acids is 1. The molecule has 7 nitrogen and oxygen atoms in total. The minimum absolute atomic E-state index is 0. The zero-order valence-corrected chi connectivity index (χ0v) is 19.7. The number of ether oxygens (including phenoxy) is 2. The highest BCUT2D eigenvalue weighted by atomic mass is 127. The second-order valence-electron chi connectivity index (χ2n) is 8.84. The lowest BCUT2D eigenvalue weighted by Crippen LogP contribution is -2.49. The lowest BCUT2D eigenvalue weighted by atomic mass is 9.89. The molecule has 1 saturated heterocycles. The van der Waals surface area contributed by atoms with Gasteiger partial charge in [0.1, 0.15) is 5.60 Å². The molecule has 2 aliphatic rings.